The Balaban J connectivity index is 1.95. The van der Waals surface area contributed by atoms with Gasteiger partial charge in [-0.05, 0) is 60.7 Å². The molecular weight excluding hydrogens is 318 g/mol. The number of aromatic nitrogens is 1. The number of halogens is 1. The second kappa shape index (κ2) is 7.11. The summed E-state index contributed by atoms with van der Waals surface area (Å²) in [6.45, 7) is 4.87. The molecule has 0 aliphatic rings. The maximum atomic E-state index is 10.6. The molecule has 122 valence electrons. The van der Waals surface area contributed by atoms with E-state index in [9.17, 15) is 5.11 Å². The van der Waals surface area contributed by atoms with E-state index < -0.39 is 6.10 Å². The highest BCUT2D eigenvalue weighted by Crippen LogP contribution is 2.25. The third-order valence-electron chi connectivity index (χ3n) is 4.20. The Labute approximate surface area is 147 Å². The van der Waals surface area contributed by atoms with Gasteiger partial charge in [0.25, 0.3) is 0 Å². The number of aliphatic hydroxyl groups is 1. The summed E-state index contributed by atoms with van der Waals surface area (Å²) in [5, 5.41) is 12.5. The second-order valence-corrected chi connectivity index (χ2v) is 6.20. The molecule has 3 heteroatoms. The van der Waals surface area contributed by atoms with Gasteiger partial charge >= 0.3 is 0 Å². The molecule has 0 aliphatic carbocycles. The quantitative estimate of drug-likeness (QED) is 0.615. The number of nitrogens with zero attached hydrogens (tertiary/aromatic N) is 1. The van der Waals surface area contributed by atoms with Gasteiger partial charge in [-0.1, -0.05) is 41.9 Å². The van der Waals surface area contributed by atoms with Gasteiger partial charge in [0.2, 0.25) is 0 Å². The minimum atomic E-state index is -0.695. The fourth-order valence-electron chi connectivity index (χ4n) is 2.90. The second-order valence-electron chi connectivity index (χ2n) is 5.76. The van der Waals surface area contributed by atoms with Crippen molar-refractivity contribution in [2.75, 3.05) is 0 Å². The summed E-state index contributed by atoms with van der Waals surface area (Å²) in [6, 6.07) is 17.8. The van der Waals surface area contributed by atoms with Crippen LogP contribution in [0.15, 0.2) is 66.4 Å². The number of para-hydroxylation sites is 1. The lowest BCUT2D eigenvalue weighted by Gasteiger charge is -2.10. The molecule has 1 N–H and O–H groups in total. The van der Waals surface area contributed by atoms with E-state index in [0.29, 0.717) is 5.02 Å². The Morgan fingerprint density at radius 2 is 1.92 bits per heavy atom. The molecule has 1 atom stereocenters. The molecule has 1 aromatic heterocycles. The third-order valence-corrected chi connectivity index (χ3v) is 4.45. The summed E-state index contributed by atoms with van der Waals surface area (Å²) in [5.41, 5.74) is 7.23. The summed E-state index contributed by atoms with van der Waals surface area (Å²) in [6.07, 6.45) is 1.02. The van der Waals surface area contributed by atoms with Crippen LogP contribution in [0, 0.1) is 0 Å². The Bertz CT molecular complexity index is 915. The van der Waals surface area contributed by atoms with Crippen LogP contribution >= 0.6 is 11.6 Å². The van der Waals surface area contributed by atoms with E-state index in [1.54, 1.807) is 6.08 Å². The van der Waals surface area contributed by atoms with Crippen LogP contribution in [0.25, 0.3) is 16.5 Å². The van der Waals surface area contributed by atoms with Crippen LogP contribution in [-0.2, 0) is 6.54 Å². The normalized spacial score (nSPS) is 12.0. The van der Waals surface area contributed by atoms with Crippen molar-refractivity contribution in [2.24, 2.45) is 0 Å². The summed E-state index contributed by atoms with van der Waals surface area (Å²) >= 11 is 5.92. The highest BCUT2D eigenvalue weighted by atomic mass is 35.5. The predicted octanol–water partition coefficient (Wildman–Crippen LogP) is 5.61. The average molecular weight is 338 g/mol. The van der Waals surface area contributed by atoms with E-state index in [1.165, 1.54) is 0 Å². The lowest BCUT2D eigenvalue weighted by atomic mass is 10.1. The van der Waals surface area contributed by atoms with E-state index in [2.05, 4.69) is 29.4 Å². The fourth-order valence-corrected chi connectivity index (χ4v) is 3.03. The first kappa shape index (κ1) is 16.6. The Morgan fingerprint density at radius 1 is 1.21 bits per heavy atom. The standard InChI is InChI=1S/C21H20ClNO/c1-3-23-19-7-5-4-6-17(19)14-20(23)21(24)13-8-15(2)16-9-11-18(22)12-10-16/h4-7,9-14,21,24H,3H2,1-2H3. The highest BCUT2D eigenvalue weighted by Gasteiger charge is 2.12. The smallest absolute Gasteiger partial charge is 0.119 e. The lowest BCUT2D eigenvalue weighted by molar-refractivity contribution is 0.219. The molecule has 1 heterocycles. The van der Waals surface area contributed by atoms with Crippen LogP contribution in [0.1, 0.15) is 31.2 Å². The predicted molar refractivity (Wildman–Crippen MR) is 101 cm³/mol. The largest absolute Gasteiger partial charge is 0.382 e. The van der Waals surface area contributed by atoms with E-state index in [0.717, 1.165) is 34.3 Å². The Kier molecular flexibility index (Phi) is 4.92. The van der Waals surface area contributed by atoms with Gasteiger partial charge in [-0.3, -0.25) is 0 Å². The van der Waals surface area contributed by atoms with Gasteiger partial charge in [0.15, 0.2) is 0 Å². The first-order chi connectivity index (χ1) is 11.6. The number of hydrogen-bond donors (Lipinski definition) is 1. The number of aliphatic hydroxyl groups excluding tert-OH is 1. The first-order valence-corrected chi connectivity index (χ1v) is 8.43. The molecule has 0 saturated carbocycles. The zero-order chi connectivity index (χ0) is 17.1. The van der Waals surface area contributed by atoms with Gasteiger partial charge in [0.05, 0.1) is 5.69 Å². The van der Waals surface area contributed by atoms with Crippen molar-refractivity contribution in [3.63, 3.8) is 0 Å². The summed E-state index contributed by atoms with van der Waals surface area (Å²) < 4.78 is 2.13. The molecular formula is C21H20ClNO. The van der Waals surface area contributed by atoms with Crippen LogP contribution in [0.4, 0.5) is 0 Å². The Morgan fingerprint density at radius 3 is 2.62 bits per heavy atom. The van der Waals surface area contributed by atoms with Crippen LogP contribution in [-0.4, -0.2) is 9.67 Å². The van der Waals surface area contributed by atoms with Crippen molar-refractivity contribution in [3.8, 4) is 0 Å². The molecule has 24 heavy (non-hydrogen) atoms. The number of aryl methyl sites for hydroxylation is 1. The zero-order valence-electron chi connectivity index (χ0n) is 13.8. The van der Waals surface area contributed by atoms with Crippen LogP contribution < -0.4 is 0 Å². The molecule has 0 amide bonds. The van der Waals surface area contributed by atoms with Crippen LogP contribution in [0.3, 0.4) is 0 Å². The number of benzene rings is 2. The molecule has 3 rings (SSSR count). The maximum absolute atomic E-state index is 10.6. The summed E-state index contributed by atoms with van der Waals surface area (Å²) in [5.74, 6) is 0. The molecule has 0 fully saturated rings. The minimum absolute atomic E-state index is 0.695. The van der Waals surface area contributed by atoms with Gasteiger partial charge in [0.1, 0.15) is 6.10 Å². The van der Waals surface area contributed by atoms with E-state index in [4.69, 9.17) is 11.6 Å². The van der Waals surface area contributed by atoms with Crippen molar-refractivity contribution in [1.82, 2.24) is 4.57 Å². The van der Waals surface area contributed by atoms with E-state index >= 15 is 0 Å². The van der Waals surface area contributed by atoms with Crippen molar-refractivity contribution in [1.29, 1.82) is 0 Å². The van der Waals surface area contributed by atoms with Gasteiger partial charge in [-0.25, -0.2) is 0 Å². The van der Waals surface area contributed by atoms with Crippen molar-refractivity contribution in [2.45, 2.75) is 26.5 Å². The average Bonchev–Trinajstić information content (AvgIpc) is 2.98. The zero-order valence-corrected chi connectivity index (χ0v) is 14.6. The highest BCUT2D eigenvalue weighted by molar-refractivity contribution is 6.30. The minimum Gasteiger partial charge on any atom is -0.382 e. The lowest BCUT2D eigenvalue weighted by Crippen LogP contribution is -2.04. The molecule has 0 spiro atoms. The van der Waals surface area contributed by atoms with Gasteiger partial charge in [-0.2, -0.15) is 0 Å². The summed E-state index contributed by atoms with van der Waals surface area (Å²) in [4.78, 5) is 0. The molecule has 2 aromatic carbocycles. The van der Waals surface area contributed by atoms with Crippen LogP contribution in [0.2, 0.25) is 5.02 Å². The molecule has 0 radical (unpaired) electrons. The van der Waals surface area contributed by atoms with Crippen LogP contribution in [0.5, 0.6) is 0 Å². The SMILES string of the molecule is CCn1c(C(O)C=C=C(C)c2ccc(Cl)cc2)cc2ccccc21. The van der Waals surface area contributed by atoms with Crippen molar-refractivity contribution in [3.05, 3.63) is 82.7 Å². The molecule has 0 bridgehead atoms. The molecule has 0 aliphatic heterocycles. The van der Waals surface area contributed by atoms with E-state index in [-0.39, 0.29) is 0 Å². The van der Waals surface area contributed by atoms with Gasteiger partial charge < -0.3 is 9.67 Å². The Hall–Kier alpha value is -2.25. The first-order valence-electron chi connectivity index (χ1n) is 8.05. The molecule has 3 aromatic rings. The van der Waals surface area contributed by atoms with Gasteiger partial charge in [0, 0.05) is 17.1 Å². The van der Waals surface area contributed by atoms with Gasteiger partial charge in [-0.15, -0.1) is 5.73 Å². The molecule has 1 unspecified atom stereocenters. The topological polar surface area (TPSA) is 25.2 Å². The molecule has 0 saturated heterocycles. The molecule has 2 nitrogen and oxygen atoms in total. The van der Waals surface area contributed by atoms with Crippen molar-refractivity contribution < 1.29 is 5.11 Å². The van der Waals surface area contributed by atoms with Crippen molar-refractivity contribution >= 4 is 28.1 Å². The number of fused-ring (bicyclic) bond motifs is 1. The maximum Gasteiger partial charge on any atom is 0.119 e. The van der Waals surface area contributed by atoms with E-state index in [1.807, 2.05) is 49.4 Å². The third kappa shape index (κ3) is 3.32. The monoisotopic (exact) mass is 337 g/mol. The summed E-state index contributed by atoms with van der Waals surface area (Å²) in [7, 11) is 0. The number of hydrogen-bond acceptors (Lipinski definition) is 1. The number of rotatable bonds is 4. The fraction of sp³-hybridized carbons (Fsp3) is 0.190.